The minimum absolute atomic E-state index is 0. The third kappa shape index (κ3) is 3.21. The average Bonchev–Trinajstić information content (AvgIpc) is 2.05. The fourth-order valence-electron chi connectivity index (χ4n) is 0.609. The number of aromatic nitrogens is 1. The first-order valence-electron chi connectivity index (χ1n) is 2.95. The van der Waals surface area contributed by atoms with Gasteiger partial charge in [-0.25, -0.2) is 0 Å². The molecule has 0 bridgehead atoms. The van der Waals surface area contributed by atoms with Crippen molar-refractivity contribution in [3.63, 3.8) is 0 Å². The molecule has 0 unspecified atom stereocenters. The predicted molar refractivity (Wildman–Crippen MR) is 57.7 cm³/mol. The molecule has 0 N–H and O–H groups in total. The van der Waals surface area contributed by atoms with Gasteiger partial charge in [0.05, 0.1) is 10.4 Å². The lowest BCUT2D eigenvalue weighted by molar-refractivity contribution is 0.101. The maximum absolute atomic E-state index is 11.0. The van der Waals surface area contributed by atoms with E-state index in [0.717, 1.165) is 0 Å². The van der Waals surface area contributed by atoms with Crippen LogP contribution in [-0.2, 0) is 0 Å². The number of hydrogen-bond donors (Lipinski definition) is 0. The SMILES string of the molecule is Br.O=C(CBr)c1ccc(Cl)cn1. The summed E-state index contributed by atoms with van der Waals surface area (Å²) in [5, 5.41) is 0.831. The van der Waals surface area contributed by atoms with Crippen LogP contribution in [-0.4, -0.2) is 16.1 Å². The summed E-state index contributed by atoms with van der Waals surface area (Å²) in [7, 11) is 0. The molecule has 5 heteroatoms. The van der Waals surface area contributed by atoms with Gasteiger partial charge in [0.25, 0.3) is 0 Å². The van der Waals surface area contributed by atoms with E-state index in [1.165, 1.54) is 6.20 Å². The molecule has 2 nitrogen and oxygen atoms in total. The van der Waals surface area contributed by atoms with Gasteiger partial charge in [0, 0.05) is 6.20 Å². The highest BCUT2D eigenvalue weighted by Crippen LogP contribution is 2.06. The van der Waals surface area contributed by atoms with Crippen molar-refractivity contribution in [1.82, 2.24) is 4.98 Å². The first-order valence-corrected chi connectivity index (χ1v) is 4.44. The van der Waals surface area contributed by atoms with Crippen LogP contribution in [0.4, 0.5) is 0 Å². The summed E-state index contributed by atoms with van der Waals surface area (Å²) in [6.07, 6.45) is 1.46. The van der Waals surface area contributed by atoms with Gasteiger partial charge in [0.1, 0.15) is 5.69 Å². The fourth-order valence-corrected chi connectivity index (χ4v) is 1.01. The van der Waals surface area contributed by atoms with E-state index >= 15 is 0 Å². The van der Waals surface area contributed by atoms with Gasteiger partial charge in [-0.2, -0.15) is 0 Å². The van der Waals surface area contributed by atoms with Crippen molar-refractivity contribution >= 4 is 50.3 Å². The molecule has 0 atom stereocenters. The standard InChI is InChI=1S/C7H5BrClNO.BrH/c8-3-7(11)6-2-1-5(9)4-10-6;/h1-2,4H,3H2;1H. The molecule has 12 heavy (non-hydrogen) atoms. The van der Waals surface area contributed by atoms with E-state index in [0.29, 0.717) is 16.0 Å². The van der Waals surface area contributed by atoms with Crippen molar-refractivity contribution < 1.29 is 4.79 Å². The Balaban J connectivity index is 0.00000121. The lowest BCUT2D eigenvalue weighted by Crippen LogP contribution is -2.01. The Morgan fingerprint density at radius 3 is 2.67 bits per heavy atom. The summed E-state index contributed by atoms with van der Waals surface area (Å²) < 4.78 is 0. The number of rotatable bonds is 2. The normalized spacial score (nSPS) is 8.83. The van der Waals surface area contributed by atoms with Crippen LogP contribution < -0.4 is 0 Å². The van der Waals surface area contributed by atoms with E-state index in [-0.39, 0.29) is 22.8 Å². The minimum Gasteiger partial charge on any atom is -0.291 e. The van der Waals surface area contributed by atoms with Crippen LogP contribution in [0.5, 0.6) is 0 Å². The van der Waals surface area contributed by atoms with E-state index in [4.69, 9.17) is 11.6 Å². The zero-order chi connectivity index (χ0) is 8.27. The molecule has 0 saturated heterocycles. The van der Waals surface area contributed by atoms with Gasteiger partial charge in [-0.15, -0.1) is 17.0 Å². The van der Waals surface area contributed by atoms with Gasteiger partial charge >= 0.3 is 0 Å². The number of pyridine rings is 1. The Kier molecular flexibility index (Phi) is 5.70. The topological polar surface area (TPSA) is 30.0 Å². The van der Waals surface area contributed by atoms with Crippen molar-refractivity contribution in [2.45, 2.75) is 0 Å². The largest absolute Gasteiger partial charge is 0.291 e. The maximum Gasteiger partial charge on any atom is 0.191 e. The molecule has 0 aromatic carbocycles. The first kappa shape index (κ1) is 12.1. The van der Waals surface area contributed by atoms with Crippen LogP contribution in [0.1, 0.15) is 10.5 Å². The third-order valence-corrected chi connectivity index (χ3v) is 1.87. The average molecular weight is 315 g/mol. The van der Waals surface area contributed by atoms with Crippen molar-refractivity contribution in [3.05, 3.63) is 29.0 Å². The van der Waals surface area contributed by atoms with Crippen LogP contribution in [0.3, 0.4) is 0 Å². The Labute approximate surface area is 94.2 Å². The van der Waals surface area contributed by atoms with Crippen molar-refractivity contribution in [2.24, 2.45) is 0 Å². The summed E-state index contributed by atoms with van der Waals surface area (Å²) in [6, 6.07) is 3.25. The Hall–Kier alpha value is 0.0700. The van der Waals surface area contributed by atoms with Crippen LogP contribution in [0, 0.1) is 0 Å². The number of Topliss-reactive ketones (excluding diaryl/α,β-unsaturated/α-hetero) is 1. The first-order chi connectivity index (χ1) is 5.24. The number of carbonyl (C=O) groups excluding carboxylic acids is 1. The number of hydrogen-bond acceptors (Lipinski definition) is 2. The van der Waals surface area contributed by atoms with Crippen molar-refractivity contribution in [2.75, 3.05) is 5.33 Å². The lowest BCUT2D eigenvalue weighted by Gasteiger charge is -1.94. The highest BCUT2D eigenvalue weighted by Gasteiger charge is 2.03. The Morgan fingerprint density at radius 2 is 2.25 bits per heavy atom. The summed E-state index contributed by atoms with van der Waals surface area (Å²) in [6.45, 7) is 0. The number of alkyl halides is 1. The van der Waals surface area contributed by atoms with Crippen LogP contribution in [0.15, 0.2) is 18.3 Å². The van der Waals surface area contributed by atoms with E-state index in [1.807, 2.05) is 0 Å². The molecule has 1 aromatic heterocycles. The monoisotopic (exact) mass is 313 g/mol. The smallest absolute Gasteiger partial charge is 0.191 e. The molecule has 66 valence electrons. The molecule has 0 saturated carbocycles. The van der Waals surface area contributed by atoms with Crippen LogP contribution in [0.25, 0.3) is 0 Å². The molecule has 1 aromatic rings. The summed E-state index contributed by atoms with van der Waals surface area (Å²) in [5.74, 6) is -0.0401. The molecule has 1 rings (SSSR count). The van der Waals surface area contributed by atoms with Crippen molar-refractivity contribution in [1.29, 1.82) is 0 Å². The zero-order valence-corrected chi connectivity index (χ0v) is 10.0. The van der Waals surface area contributed by atoms with Crippen LogP contribution >= 0.6 is 44.5 Å². The minimum atomic E-state index is -0.0401. The van der Waals surface area contributed by atoms with E-state index in [2.05, 4.69) is 20.9 Å². The Morgan fingerprint density at radius 1 is 1.58 bits per heavy atom. The van der Waals surface area contributed by atoms with Gasteiger partial charge in [0.15, 0.2) is 5.78 Å². The van der Waals surface area contributed by atoms with Gasteiger partial charge in [-0.1, -0.05) is 27.5 Å². The number of ketones is 1. The molecular formula is C7H6Br2ClNO. The Bertz CT molecular complexity index is 263. The number of halogens is 3. The van der Waals surface area contributed by atoms with Gasteiger partial charge in [-0.3, -0.25) is 9.78 Å². The summed E-state index contributed by atoms with van der Waals surface area (Å²) in [4.78, 5) is 14.8. The third-order valence-electron chi connectivity index (χ3n) is 1.13. The quantitative estimate of drug-likeness (QED) is 0.620. The van der Waals surface area contributed by atoms with Gasteiger partial charge in [0.2, 0.25) is 0 Å². The summed E-state index contributed by atoms with van der Waals surface area (Å²) >= 11 is 8.62. The molecule has 0 aliphatic heterocycles. The van der Waals surface area contributed by atoms with Crippen molar-refractivity contribution in [3.8, 4) is 0 Å². The molecule has 0 aliphatic rings. The molecule has 0 spiro atoms. The highest BCUT2D eigenvalue weighted by molar-refractivity contribution is 9.09. The molecule has 1 heterocycles. The number of carbonyl (C=O) groups is 1. The van der Waals surface area contributed by atoms with E-state index in [9.17, 15) is 4.79 Å². The van der Waals surface area contributed by atoms with Crippen LogP contribution in [0.2, 0.25) is 5.02 Å². The molecule has 0 radical (unpaired) electrons. The molecule has 0 fully saturated rings. The van der Waals surface area contributed by atoms with Gasteiger partial charge < -0.3 is 0 Å². The molecular weight excluding hydrogens is 309 g/mol. The second-order valence-electron chi connectivity index (χ2n) is 1.92. The van der Waals surface area contributed by atoms with E-state index in [1.54, 1.807) is 12.1 Å². The lowest BCUT2D eigenvalue weighted by atomic mass is 10.3. The zero-order valence-electron chi connectivity index (χ0n) is 5.96. The second kappa shape index (κ2) is 5.67. The number of nitrogens with zero attached hydrogens (tertiary/aromatic N) is 1. The fraction of sp³-hybridized carbons (Fsp3) is 0.143. The van der Waals surface area contributed by atoms with E-state index < -0.39 is 0 Å². The summed E-state index contributed by atoms with van der Waals surface area (Å²) in [5.41, 5.74) is 0.436. The molecule has 0 amide bonds. The predicted octanol–water partition coefficient (Wildman–Crippen LogP) is 2.89. The van der Waals surface area contributed by atoms with Gasteiger partial charge in [-0.05, 0) is 12.1 Å². The molecule has 0 aliphatic carbocycles. The second-order valence-corrected chi connectivity index (χ2v) is 2.92. The maximum atomic E-state index is 11.0. The highest BCUT2D eigenvalue weighted by atomic mass is 79.9.